The van der Waals surface area contributed by atoms with E-state index in [2.05, 4.69) is 20.8 Å². The minimum Gasteiger partial charge on any atom is -0.394 e. The average Bonchev–Trinajstić information content (AvgIpc) is 2.46. The molecule has 2 saturated carbocycles. The van der Waals surface area contributed by atoms with Crippen molar-refractivity contribution in [1.82, 2.24) is 0 Å². The highest BCUT2D eigenvalue weighted by Gasteiger charge is 2.61. The van der Waals surface area contributed by atoms with Crippen LogP contribution in [0.3, 0.4) is 0 Å². The van der Waals surface area contributed by atoms with E-state index in [1.54, 1.807) is 0 Å². The van der Waals surface area contributed by atoms with Gasteiger partial charge in [-0.05, 0) is 36.0 Å². The largest absolute Gasteiger partial charge is 0.394 e. The van der Waals surface area contributed by atoms with Gasteiger partial charge < -0.3 is 9.84 Å². The lowest BCUT2D eigenvalue weighted by Crippen LogP contribution is -2.37. The summed E-state index contributed by atoms with van der Waals surface area (Å²) in [7, 11) is 0. The predicted octanol–water partition coefficient (Wildman–Crippen LogP) is 2.21. The van der Waals surface area contributed by atoms with Crippen LogP contribution in [-0.4, -0.2) is 24.4 Å². The zero-order valence-corrected chi connectivity index (χ0v) is 9.55. The Morgan fingerprint density at radius 3 is 2.50 bits per heavy atom. The van der Waals surface area contributed by atoms with E-state index in [9.17, 15) is 0 Å². The van der Waals surface area contributed by atoms with Gasteiger partial charge in [-0.25, -0.2) is 0 Å². The summed E-state index contributed by atoms with van der Waals surface area (Å²) in [5.41, 5.74) is 0.764. The number of hydrogen-bond donors (Lipinski definition) is 1. The van der Waals surface area contributed by atoms with Crippen LogP contribution in [0.4, 0.5) is 0 Å². The van der Waals surface area contributed by atoms with Crippen LogP contribution in [0.2, 0.25) is 0 Å². The van der Waals surface area contributed by atoms with Gasteiger partial charge in [-0.15, -0.1) is 0 Å². The second-order valence-corrected chi connectivity index (χ2v) is 5.69. The van der Waals surface area contributed by atoms with Gasteiger partial charge >= 0.3 is 0 Å². The lowest BCUT2D eigenvalue weighted by atomic mass is 9.70. The van der Waals surface area contributed by atoms with Crippen molar-refractivity contribution in [3.05, 3.63) is 0 Å². The van der Waals surface area contributed by atoms with E-state index < -0.39 is 0 Å². The highest BCUT2D eigenvalue weighted by Crippen LogP contribution is 2.66. The molecule has 0 aromatic heterocycles. The second-order valence-electron chi connectivity index (χ2n) is 5.69. The van der Waals surface area contributed by atoms with Crippen LogP contribution in [0.15, 0.2) is 0 Å². The molecule has 14 heavy (non-hydrogen) atoms. The van der Waals surface area contributed by atoms with Crippen LogP contribution in [0.25, 0.3) is 0 Å². The van der Waals surface area contributed by atoms with Crippen molar-refractivity contribution in [1.29, 1.82) is 0 Å². The Kier molecular flexibility index (Phi) is 2.39. The maximum Gasteiger partial charge on any atom is 0.0701 e. The topological polar surface area (TPSA) is 29.5 Å². The van der Waals surface area contributed by atoms with Gasteiger partial charge in [0.05, 0.1) is 19.3 Å². The van der Waals surface area contributed by atoms with E-state index >= 15 is 0 Å². The predicted molar refractivity (Wildman–Crippen MR) is 56.1 cm³/mol. The summed E-state index contributed by atoms with van der Waals surface area (Å²) >= 11 is 0. The second kappa shape index (κ2) is 3.21. The zero-order valence-electron chi connectivity index (χ0n) is 9.55. The third-order valence-electron chi connectivity index (χ3n) is 5.12. The van der Waals surface area contributed by atoms with Gasteiger partial charge in [0.1, 0.15) is 0 Å². The van der Waals surface area contributed by atoms with E-state index in [-0.39, 0.29) is 6.61 Å². The fourth-order valence-electron chi connectivity index (χ4n) is 3.58. The third-order valence-corrected chi connectivity index (χ3v) is 5.12. The summed E-state index contributed by atoms with van der Waals surface area (Å²) in [6, 6.07) is 0. The van der Waals surface area contributed by atoms with Crippen molar-refractivity contribution in [2.24, 2.45) is 16.7 Å². The van der Waals surface area contributed by atoms with Gasteiger partial charge in [-0.1, -0.05) is 20.8 Å². The van der Waals surface area contributed by atoms with Crippen LogP contribution in [-0.2, 0) is 4.74 Å². The van der Waals surface area contributed by atoms with Crippen molar-refractivity contribution in [2.45, 2.75) is 46.1 Å². The molecule has 0 radical (unpaired) electrons. The van der Waals surface area contributed by atoms with E-state index in [1.165, 1.54) is 19.3 Å². The summed E-state index contributed by atoms with van der Waals surface area (Å²) in [4.78, 5) is 0. The lowest BCUT2D eigenvalue weighted by Gasteiger charge is -2.38. The first-order valence-electron chi connectivity index (χ1n) is 5.75. The summed E-state index contributed by atoms with van der Waals surface area (Å²) in [5.74, 6) is 0.830. The first kappa shape index (κ1) is 10.4. The summed E-state index contributed by atoms with van der Waals surface area (Å²) < 4.78 is 5.77. The van der Waals surface area contributed by atoms with Crippen LogP contribution >= 0.6 is 0 Å². The number of aliphatic hydroxyl groups excluding tert-OH is 1. The van der Waals surface area contributed by atoms with Crippen molar-refractivity contribution < 1.29 is 9.84 Å². The monoisotopic (exact) mass is 198 g/mol. The molecule has 0 aliphatic heterocycles. The fourth-order valence-corrected chi connectivity index (χ4v) is 3.58. The molecule has 0 unspecified atom stereocenters. The molecule has 2 rings (SSSR count). The fraction of sp³-hybridized carbons (Fsp3) is 1.00. The SMILES string of the molecule is CC1(C)[C@H]2CC[C@]1(C)[C@@H](OCCO)C2. The number of rotatable bonds is 3. The number of fused-ring (bicyclic) bond motifs is 2. The van der Waals surface area contributed by atoms with E-state index in [0.29, 0.717) is 23.5 Å². The van der Waals surface area contributed by atoms with Gasteiger partial charge in [0.2, 0.25) is 0 Å². The van der Waals surface area contributed by atoms with Gasteiger partial charge in [0.25, 0.3) is 0 Å². The van der Waals surface area contributed by atoms with Gasteiger partial charge in [-0.3, -0.25) is 0 Å². The molecule has 1 N–H and O–H groups in total. The van der Waals surface area contributed by atoms with Crippen molar-refractivity contribution >= 4 is 0 Å². The summed E-state index contributed by atoms with van der Waals surface area (Å²) in [6.07, 6.45) is 4.23. The Bertz CT molecular complexity index is 224. The molecule has 0 saturated heterocycles. The Morgan fingerprint density at radius 1 is 1.36 bits per heavy atom. The standard InChI is InChI=1S/C12H22O2/c1-11(2)9-4-5-12(11,3)10(8-9)14-7-6-13/h9-10,13H,4-8H2,1-3H3/t9-,10-,12+/m0/s1. The maximum atomic E-state index is 8.79. The molecule has 0 amide bonds. The number of aliphatic hydroxyl groups is 1. The number of hydrogen-bond acceptors (Lipinski definition) is 2. The quantitative estimate of drug-likeness (QED) is 0.753. The molecule has 82 valence electrons. The zero-order chi connectivity index (χ0) is 10.4. The molecule has 2 fully saturated rings. The Balaban J connectivity index is 2.11. The van der Waals surface area contributed by atoms with E-state index in [1.807, 2.05) is 0 Å². The highest BCUT2D eigenvalue weighted by atomic mass is 16.5. The molecule has 0 aromatic rings. The van der Waals surface area contributed by atoms with E-state index in [4.69, 9.17) is 9.84 Å². The Morgan fingerprint density at radius 2 is 2.07 bits per heavy atom. The molecule has 2 aliphatic carbocycles. The first-order valence-corrected chi connectivity index (χ1v) is 5.75. The summed E-state index contributed by atoms with van der Waals surface area (Å²) in [5, 5.41) is 8.79. The lowest BCUT2D eigenvalue weighted by molar-refractivity contribution is -0.0562. The molecule has 2 heteroatoms. The Labute approximate surface area is 86.6 Å². The minimum absolute atomic E-state index is 0.150. The molecule has 0 spiro atoms. The van der Waals surface area contributed by atoms with Crippen LogP contribution in [0.5, 0.6) is 0 Å². The normalized spacial score (nSPS) is 44.6. The van der Waals surface area contributed by atoms with E-state index in [0.717, 1.165) is 5.92 Å². The average molecular weight is 198 g/mol. The molecular weight excluding hydrogens is 176 g/mol. The minimum atomic E-state index is 0.150. The highest BCUT2D eigenvalue weighted by molar-refractivity contribution is 5.11. The third kappa shape index (κ3) is 1.17. The molecular formula is C12H22O2. The van der Waals surface area contributed by atoms with Crippen molar-refractivity contribution in [3.8, 4) is 0 Å². The smallest absolute Gasteiger partial charge is 0.0701 e. The van der Waals surface area contributed by atoms with Crippen LogP contribution in [0.1, 0.15) is 40.0 Å². The van der Waals surface area contributed by atoms with Gasteiger partial charge in [-0.2, -0.15) is 0 Å². The molecule has 0 aromatic carbocycles. The summed E-state index contributed by atoms with van der Waals surface area (Å²) in [6.45, 7) is 7.78. The van der Waals surface area contributed by atoms with Crippen molar-refractivity contribution in [2.75, 3.05) is 13.2 Å². The molecule has 2 nitrogen and oxygen atoms in total. The number of ether oxygens (including phenoxy) is 1. The van der Waals surface area contributed by atoms with Crippen LogP contribution in [0, 0.1) is 16.7 Å². The van der Waals surface area contributed by atoms with Crippen molar-refractivity contribution in [3.63, 3.8) is 0 Å². The molecule has 0 heterocycles. The molecule has 2 aliphatic rings. The first-order chi connectivity index (χ1) is 6.52. The Hall–Kier alpha value is -0.0800. The molecule has 3 atom stereocenters. The maximum absolute atomic E-state index is 8.79. The molecule has 2 bridgehead atoms. The van der Waals surface area contributed by atoms with Gasteiger partial charge in [0.15, 0.2) is 0 Å². The van der Waals surface area contributed by atoms with Gasteiger partial charge in [0, 0.05) is 0 Å². The van der Waals surface area contributed by atoms with Crippen LogP contribution < -0.4 is 0 Å².